The van der Waals surface area contributed by atoms with Gasteiger partial charge in [0.05, 0.1) is 13.0 Å². The fraction of sp³-hybridized carbons (Fsp3) is 0.938. The smallest absolute Gasteiger partial charge is 0.309 e. The van der Waals surface area contributed by atoms with Crippen LogP contribution in [-0.4, -0.2) is 24.7 Å². The third-order valence-corrected chi connectivity index (χ3v) is 6.06. The van der Waals surface area contributed by atoms with Crippen LogP contribution in [0.3, 0.4) is 0 Å². The van der Waals surface area contributed by atoms with E-state index in [1.165, 1.54) is 39.2 Å². The normalized spacial score (nSPS) is 47.9. The monoisotopic (exact) mass is 280 g/mol. The van der Waals surface area contributed by atoms with Crippen LogP contribution in [0.15, 0.2) is 0 Å². The summed E-state index contributed by atoms with van der Waals surface area (Å²) >= 11 is 0. The van der Waals surface area contributed by atoms with Gasteiger partial charge >= 0.3 is 5.97 Å². The van der Waals surface area contributed by atoms with Gasteiger partial charge in [-0.25, -0.2) is 0 Å². The Hall–Kier alpha value is -0.610. The highest BCUT2D eigenvalue weighted by atomic mass is 17.0. The second kappa shape index (κ2) is 3.98. The zero-order valence-electron chi connectivity index (χ0n) is 12.4. The Kier molecular flexibility index (Phi) is 2.60. The van der Waals surface area contributed by atoms with Gasteiger partial charge in [-0.2, -0.15) is 0 Å². The molecule has 0 aromatic heterocycles. The molecule has 2 aliphatic carbocycles. The summed E-state index contributed by atoms with van der Waals surface area (Å²) in [4.78, 5) is 12.1. The van der Waals surface area contributed by atoms with Gasteiger partial charge in [0.2, 0.25) is 11.6 Å². The maximum atomic E-state index is 12.1. The maximum Gasteiger partial charge on any atom is 0.309 e. The Morgan fingerprint density at radius 1 is 1.15 bits per heavy atom. The van der Waals surface area contributed by atoms with Crippen molar-refractivity contribution in [2.75, 3.05) is 7.11 Å². The molecule has 4 nitrogen and oxygen atoms in total. The molecule has 2 atom stereocenters. The summed E-state index contributed by atoms with van der Waals surface area (Å²) in [6, 6.07) is 0. The second-order valence-corrected chi connectivity index (χ2v) is 7.58. The second-order valence-electron chi connectivity index (χ2n) is 7.58. The third kappa shape index (κ3) is 1.77. The third-order valence-electron chi connectivity index (χ3n) is 6.06. The van der Waals surface area contributed by atoms with Gasteiger partial charge in [0.25, 0.3) is 0 Å². The first-order chi connectivity index (χ1) is 9.52. The van der Waals surface area contributed by atoms with E-state index in [1.54, 1.807) is 0 Å². The van der Waals surface area contributed by atoms with E-state index in [0.29, 0.717) is 17.8 Å². The molecule has 2 unspecified atom stereocenters. The summed E-state index contributed by atoms with van der Waals surface area (Å²) in [6.45, 7) is 2.39. The zero-order valence-corrected chi connectivity index (χ0v) is 12.4. The number of hydrogen-bond donors (Lipinski definition) is 0. The summed E-state index contributed by atoms with van der Waals surface area (Å²) < 4.78 is 16.4. The van der Waals surface area contributed by atoms with Gasteiger partial charge < -0.3 is 14.2 Å². The van der Waals surface area contributed by atoms with Crippen molar-refractivity contribution in [1.29, 1.82) is 0 Å². The highest BCUT2D eigenvalue weighted by Gasteiger charge is 2.92. The van der Waals surface area contributed by atoms with E-state index in [9.17, 15) is 4.79 Å². The maximum absolute atomic E-state index is 12.1. The highest BCUT2D eigenvalue weighted by Crippen LogP contribution is 2.76. The first-order valence-electron chi connectivity index (χ1n) is 8.00. The minimum absolute atomic E-state index is 0.0446. The van der Waals surface area contributed by atoms with Gasteiger partial charge in [0.15, 0.2) is 0 Å². The molecular weight excluding hydrogens is 256 g/mol. The van der Waals surface area contributed by atoms with E-state index < -0.39 is 5.79 Å². The van der Waals surface area contributed by atoms with E-state index >= 15 is 0 Å². The van der Waals surface area contributed by atoms with Gasteiger partial charge in [0, 0.05) is 12.8 Å². The van der Waals surface area contributed by atoms with Crippen molar-refractivity contribution >= 4 is 5.97 Å². The van der Waals surface area contributed by atoms with E-state index in [2.05, 4.69) is 6.92 Å². The summed E-state index contributed by atoms with van der Waals surface area (Å²) in [5.74, 6) is -0.466. The molecule has 2 aliphatic heterocycles. The summed E-state index contributed by atoms with van der Waals surface area (Å²) in [7, 11) is 1.49. The lowest BCUT2D eigenvalue weighted by Gasteiger charge is -2.38. The van der Waals surface area contributed by atoms with Crippen LogP contribution < -0.4 is 0 Å². The van der Waals surface area contributed by atoms with Crippen molar-refractivity contribution in [3.8, 4) is 0 Å². The molecule has 0 radical (unpaired) electrons. The van der Waals surface area contributed by atoms with Crippen molar-refractivity contribution in [3.63, 3.8) is 0 Å². The molecular formula is C16H24O4. The molecule has 4 heteroatoms. The van der Waals surface area contributed by atoms with Gasteiger partial charge in [-0.1, -0.05) is 26.2 Å². The quantitative estimate of drug-likeness (QED) is 0.589. The number of carbonyl (C=O) groups is 1. The predicted molar refractivity (Wildman–Crippen MR) is 71.7 cm³/mol. The van der Waals surface area contributed by atoms with Crippen molar-refractivity contribution < 1.29 is 19.0 Å². The summed E-state index contributed by atoms with van der Waals surface area (Å²) in [5.41, 5.74) is 0.385. The average Bonchev–Trinajstić information content (AvgIpc) is 3.23. The fourth-order valence-corrected chi connectivity index (χ4v) is 4.79. The van der Waals surface area contributed by atoms with Crippen LogP contribution in [0.25, 0.3) is 0 Å². The molecule has 4 fully saturated rings. The van der Waals surface area contributed by atoms with Crippen molar-refractivity contribution in [2.24, 2.45) is 17.3 Å². The lowest BCUT2D eigenvalue weighted by Crippen LogP contribution is -2.35. The van der Waals surface area contributed by atoms with Crippen LogP contribution >= 0.6 is 0 Å². The molecule has 2 saturated heterocycles. The van der Waals surface area contributed by atoms with Crippen molar-refractivity contribution in [3.05, 3.63) is 0 Å². The van der Waals surface area contributed by atoms with E-state index in [4.69, 9.17) is 14.2 Å². The van der Waals surface area contributed by atoms with E-state index in [-0.39, 0.29) is 17.7 Å². The molecule has 0 aromatic carbocycles. The average molecular weight is 280 g/mol. The van der Waals surface area contributed by atoms with Crippen LogP contribution in [0.1, 0.15) is 58.3 Å². The highest BCUT2D eigenvalue weighted by molar-refractivity contribution is 5.73. The molecule has 112 valence electrons. The standard InChI is InChI=1S/C16H24O4/c1-14(6-4-3-5-7-14)8-11-9-15-16(19-15,20-15)10-12(11)13(17)18-2/h11-12H,3-10H2,1-2H3. The Morgan fingerprint density at radius 3 is 2.45 bits per heavy atom. The Morgan fingerprint density at radius 2 is 1.80 bits per heavy atom. The van der Waals surface area contributed by atoms with Crippen molar-refractivity contribution in [2.45, 2.75) is 69.9 Å². The molecule has 4 aliphatic rings. The number of hydrogen-bond acceptors (Lipinski definition) is 4. The van der Waals surface area contributed by atoms with Crippen molar-refractivity contribution in [1.82, 2.24) is 0 Å². The fourth-order valence-electron chi connectivity index (χ4n) is 4.79. The topological polar surface area (TPSA) is 51.4 Å². The summed E-state index contributed by atoms with van der Waals surface area (Å²) in [6.07, 6.45) is 9.27. The zero-order chi connectivity index (χ0) is 14.0. The Balaban J connectivity index is 1.50. The molecule has 0 spiro atoms. The predicted octanol–water partition coefficient (Wildman–Crippen LogP) is 3.00. The Bertz CT molecular complexity index is 432. The van der Waals surface area contributed by atoms with E-state index in [0.717, 1.165) is 12.8 Å². The summed E-state index contributed by atoms with van der Waals surface area (Å²) in [5, 5.41) is 0. The largest absolute Gasteiger partial charge is 0.469 e. The SMILES string of the molecule is COC(=O)C1CC23OC2(CC1CC1(C)CCCCC1)O3. The lowest BCUT2D eigenvalue weighted by molar-refractivity contribution is -0.149. The van der Waals surface area contributed by atoms with Crippen LogP contribution in [0.5, 0.6) is 0 Å². The van der Waals surface area contributed by atoms with Crippen LogP contribution in [0.4, 0.5) is 0 Å². The number of esters is 1. The number of ether oxygens (including phenoxy) is 3. The first kappa shape index (κ1) is 13.1. The number of carbonyl (C=O) groups excluding carboxylic acids is 1. The molecule has 2 heterocycles. The minimum Gasteiger partial charge on any atom is -0.469 e. The van der Waals surface area contributed by atoms with Gasteiger partial charge in [-0.05, 0) is 30.6 Å². The molecule has 0 aromatic rings. The molecule has 0 amide bonds. The Labute approximate surface area is 120 Å². The molecule has 20 heavy (non-hydrogen) atoms. The molecule has 0 bridgehead atoms. The van der Waals surface area contributed by atoms with Gasteiger partial charge in [-0.15, -0.1) is 0 Å². The molecule has 2 saturated carbocycles. The number of epoxide rings is 2. The number of rotatable bonds is 3. The molecule has 0 N–H and O–H groups in total. The molecule has 4 rings (SSSR count). The minimum atomic E-state index is -0.393. The first-order valence-corrected chi connectivity index (χ1v) is 8.00. The van der Waals surface area contributed by atoms with Crippen LogP contribution in [0, 0.1) is 17.3 Å². The number of methoxy groups -OCH3 is 1. The van der Waals surface area contributed by atoms with Crippen LogP contribution in [0.2, 0.25) is 0 Å². The van der Waals surface area contributed by atoms with E-state index in [1.807, 2.05) is 0 Å². The van der Waals surface area contributed by atoms with Gasteiger partial charge in [-0.3, -0.25) is 4.79 Å². The van der Waals surface area contributed by atoms with Crippen LogP contribution in [-0.2, 0) is 19.0 Å². The lowest BCUT2D eigenvalue weighted by atomic mass is 9.65. The van der Waals surface area contributed by atoms with Gasteiger partial charge in [0.1, 0.15) is 0 Å².